The van der Waals surface area contributed by atoms with Crippen molar-refractivity contribution in [3.63, 3.8) is 0 Å². The van der Waals surface area contributed by atoms with Crippen molar-refractivity contribution in [1.29, 1.82) is 0 Å². The van der Waals surface area contributed by atoms with Crippen LogP contribution in [-0.2, 0) is 10.8 Å². The summed E-state index contributed by atoms with van der Waals surface area (Å²) in [4.78, 5) is 0. The predicted molar refractivity (Wildman–Crippen MR) is 137 cm³/mol. The van der Waals surface area contributed by atoms with Crippen molar-refractivity contribution < 1.29 is 9.47 Å². The Morgan fingerprint density at radius 2 is 0.875 bits per heavy atom. The number of hydrogen-bond acceptors (Lipinski definition) is 2. The molecule has 0 aliphatic rings. The zero-order valence-electron chi connectivity index (χ0n) is 21.2. The fourth-order valence-electron chi connectivity index (χ4n) is 3.90. The van der Waals surface area contributed by atoms with Crippen molar-refractivity contribution in [3.8, 4) is 11.5 Å². The normalized spacial score (nSPS) is 11.4. The van der Waals surface area contributed by atoms with Gasteiger partial charge in [0.1, 0.15) is 11.5 Å². The van der Waals surface area contributed by atoms with Crippen LogP contribution >= 0.6 is 0 Å². The minimum atomic E-state index is -0.102. The quantitative estimate of drug-likeness (QED) is 0.357. The Morgan fingerprint density at radius 3 is 1.19 bits per heavy atom. The van der Waals surface area contributed by atoms with Crippen LogP contribution in [0.25, 0.3) is 0 Å². The molecule has 0 amide bonds. The summed E-state index contributed by atoms with van der Waals surface area (Å²) in [6.45, 7) is 18.5. The van der Waals surface area contributed by atoms with Gasteiger partial charge in [0.2, 0.25) is 0 Å². The summed E-state index contributed by atoms with van der Waals surface area (Å²) in [5.41, 5.74) is 4.97. The molecule has 0 aromatic heterocycles. The van der Waals surface area contributed by atoms with Crippen LogP contribution in [0.15, 0.2) is 72.8 Å². The lowest BCUT2D eigenvalue weighted by molar-refractivity contribution is 0.340. The number of hydrogen-bond donors (Lipinski definition) is 0. The average Bonchev–Trinajstić information content (AvgIpc) is 2.82. The second kappa shape index (κ2) is 11.2. The lowest BCUT2D eigenvalue weighted by atomic mass is 9.73. The Hall–Kier alpha value is -2.74. The Balaban J connectivity index is 0.00000176. The van der Waals surface area contributed by atoms with Crippen LogP contribution < -0.4 is 9.47 Å². The molecule has 2 nitrogen and oxygen atoms in total. The maximum absolute atomic E-state index is 5.61. The van der Waals surface area contributed by atoms with Crippen LogP contribution in [0.1, 0.15) is 77.6 Å². The summed E-state index contributed by atoms with van der Waals surface area (Å²) in [5.74, 6) is 1.84. The zero-order valence-corrected chi connectivity index (χ0v) is 21.2. The average molecular weight is 433 g/mol. The van der Waals surface area contributed by atoms with E-state index in [0.717, 1.165) is 11.5 Å². The molecule has 0 radical (unpaired) electrons. The van der Waals surface area contributed by atoms with E-state index in [4.69, 9.17) is 9.47 Å². The van der Waals surface area contributed by atoms with E-state index in [1.807, 2.05) is 27.7 Å². The van der Waals surface area contributed by atoms with E-state index in [2.05, 4.69) is 100 Å². The third-order valence-corrected chi connectivity index (χ3v) is 6.08. The van der Waals surface area contributed by atoms with E-state index in [0.29, 0.717) is 13.2 Å². The van der Waals surface area contributed by atoms with E-state index < -0.39 is 0 Å². The molecular formula is C30H40O2. The van der Waals surface area contributed by atoms with Gasteiger partial charge >= 0.3 is 0 Å². The van der Waals surface area contributed by atoms with Crippen LogP contribution in [0.2, 0.25) is 0 Å². The minimum absolute atomic E-state index is 0.102. The molecule has 0 heterocycles. The van der Waals surface area contributed by atoms with Gasteiger partial charge in [0.25, 0.3) is 0 Å². The van der Waals surface area contributed by atoms with Gasteiger partial charge < -0.3 is 9.47 Å². The van der Waals surface area contributed by atoms with Crippen LogP contribution in [0, 0.1) is 0 Å². The lowest BCUT2D eigenvalue weighted by Gasteiger charge is -2.31. The molecule has 3 rings (SSSR count). The van der Waals surface area contributed by atoms with Gasteiger partial charge in [0.15, 0.2) is 0 Å². The molecule has 0 fully saturated rings. The highest BCUT2D eigenvalue weighted by atomic mass is 16.5. The molecule has 0 N–H and O–H groups in total. The van der Waals surface area contributed by atoms with Gasteiger partial charge in [-0.05, 0) is 60.4 Å². The third-order valence-electron chi connectivity index (χ3n) is 6.08. The first-order chi connectivity index (χ1) is 15.3. The molecule has 3 aromatic rings. The van der Waals surface area contributed by atoms with Crippen LogP contribution in [0.3, 0.4) is 0 Å². The summed E-state index contributed by atoms with van der Waals surface area (Å²) in [5, 5.41) is 0. The summed E-state index contributed by atoms with van der Waals surface area (Å²) in [7, 11) is 0. The molecule has 2 heteroatoms. The molecule has 0 saturated carbocycles. The van der Waals surface area contributed by atoms with E-state index in [1.165, 1.54) is 22.3 Å². The predicted octanol–water partition coefficient (Wildman–Crippen LogP) is 8.16. The fourth-order valence-corrected chi connectivity index (χ4v) is 3.90. The molecule has 3 aromatic carbocycles. The number of ether oxygens (including phenoxy) is 2. The lowest BCUT2D eigenvalue weighted by Crippen LogP contribution is -2.22. The van der Waals surface area contributed by atoms with Gasteiger partial charge in [0, 0.05) is 10.8 Å². The van der Waals surface area contributed by atoms with Crippen molar-refractivity contribution >= 4 is 0 Å². The van der Waals surface area contributed by atoms with Gasteiger partial charge in [-0.3, -0.25) is 0 Å². The fraction of sp³-hybridized carbons (Fsp3) is 0.400. The highest BCUT2D eigenvalue weighted by Crippen LogP contribution is 2.37. The van der Waals surface area contributed by atoms with E-state index in [9.17, 15) is 0 Å². The topological polar surface area (TPSA) is 18.5 Å². The molecule has 0 unspecified atom stereocenters. The Labute approximate surface area is 195 Å². The first-order valence-corrected chi connectivity index (χ1v) is 11.9. The van der Waals surface area contributed by atoms with Gasteiger partial charge in [0.05, 0.1) is 13.2 Å². The van der Waals surface area contributed by atoms with E-state index in [-0.39, 0.29) is 10.8 Å². The first-order valence-electron chi connectivity index (χ1n) is 11.9. The largest absolute Gasteiger partial charge is 0.494 e. The molecule has 0 spiro atoms. The number of rotatable bonds is 8. The molecule has 32 heavy (non-hydrogen) atoms. The first kappa shape index (κ1) is 25.5. The second-order valence-electron chi connectivity index (χ2n) is 8.75. The minimum Gasteiger partial charge on any atom is -0.494 e. The van der Waals surface area contributed by atoms with Gasteiger partial charge in [-0.2, -0.15) is 0 Å². The van der Waals surface area contributed by atoms with Gasteiger partial charge in [-0.1, -0.05) is 90.1 Å². The van der Waals surface area contributed by atoms with Gasteiger partial charge in [-0.15, -0.1) is 0 Å². The highest BCUT2D eigenvalue weighted by Gasteiger charge is 2.27. The summed E-state index contributed by atoms with van der Waals surface area (Å²) in [6, 6.07) is 26.0. The van der Waals surface area contributed by atoms with Gasteiger partial charge in [-0.25, -0.2) is 0 Å². The molecule has 0 aliphatic heterocycles. The molecule has 0 aliphatic carbocycles. The SMILES string of the molecule is CC.CCOc1ccc(C(C)(C)c2cccc(C(C)(C)c3ccc(OCC)cc3)c2)cc1. The maximum atomic E-state index is 5.61. The molecule has 172 valence electrons. The van der Waals surface area contributed by atoms with Crippen molar-refractivity contribution in [2.45, 2.75) is 66.2 Å². The van der Waals surface area contributed by atoms with Crippen molar-refractivity contribution in [2.24, 2.45) is 0 Å². The number of benzene rings is 3. The van der Waals surface area contributed by atoms with Crippen molar-refractivity contribution in [2.75, 3.05) is 13.2 Å². The zero-order chi connectivity index (χ0) is 23.8. The Bertz CT molecular complexity index is 874. The Kier molecular flexibility index (Phi) is 8.95. The maximum Gasteiger partial charge on any atom is 0.119 e. The second-order valence-corrected chi connectivity index (χ2v) is 8.75. The van der Waals surface area contributed by atoms with Crippen LogP contribution in [-0.4, -0.2) is 13.2 Å². The highest BCUT2D eigenvalue weighted by molar-refractivity contribution is 5.46. The molecule has 0 bridgehead atoms. The molecule has 0 atom stereocenters. The summed E-state index contributed by atoms with van der Waals surface area (Å²) >= 11 is 0. The van der Waals surface area contributed by atoms with E-state index in [1.54, 1.807) is 0 Å². The Morgan fingerprint density at radius 1 is 0.531 bits per heavy atom. The summed E-state index contributed by atoms with van der Waals surface area (Å²) < 4.78 is 11.2. The summed E-state index contributed by atoms with van der Waals surface area (Å²) in [6.07, 6.45) is 0. The molecular weight excluding hydrogens is 392 g/mol. The molecule has 0 saturated heterocycles. The smallest absolute Gasteiger partial charge is 0.119 e. The van der Waals surface area contributed by atoms with Crippen LogP contribution in [0.4, 0.5) is 0 Å². The van der Waals surface area contributed by atoms with E-state index >= 15 is 0 Å². The standard InChI is InChI=1S/C28H34O2.C2H6/c1-7-29-25-16-12-21(13-17-25)27(3,4)23-10-9-11-24(20-23)28(5,6)22-14-18-26(19-15-22)30-8-2;1-2/h9-20H,7-8H2,1-6H3;1-2H3. The van der Waals surface area contributed by atoms with Crippen LogP contribution in [0.5, 0.6) is 11.5 Å². The van der Waals surface area contributed by atoms with Crippen molar-refractivity contribution in [3.05, 3.63) is 95.1 Å². The monoisotopic (exact) mass is 432 g/mol. The third kappa shape index (κ3) is 5.73. The van der Waals surface area contributed by atoms with Crippen molar-refractivity contribution in [1.82, 2.24) is 0 Å².